The highest BCUT2D eigenvalue weighted by Crippen LogP contribution is 2.41. The van der Waals surface area contributed by atoms with Crippen LogP contribution in [-0.4, -0.2) is 27.9 Å². The van der Waals surface area contributed by atoms with Crippen molar-refractivity contribution in [1.82, 2.24) is 4.90 Å². The predicted octanol–water partition coefficient (Wildman–Crippen LogP) is 9.34. The summed E-state index contributed by atoms with van der Waals surface area (Å²) in [4.78, 5) is 2.80. The first-order chi connectivity index (χ1) is 12.5. The Morgan fingerprint density at radius 2 is 1.07 bits per heavy atom. The Morgan fingerprint density at radius 3 is 1.45 bits per heavy atom. The van der Waals surface area contributed by atoms with E-state index in [-0.39, 0.29) is 9.86 Å². The number of rotatable bonds is 11. The molecule has 0 aliphatic carbocycles. The molecule has 1 unspecified atom stereocenters. The van der Waals surface area contributed by atoms with Crippen molar-refractivity contribution in [3.8, 4) is 0 Å². The molecule has 0 aliphatic heterocycles. The summed E-state index contributed by atoms with van der Waals surface area (Å²) >= 11 is 4.14. The van der Waals surface area contributed by atoms with Gasteiger partial charge in [-0.05, 0) is 74.7 Å². The Bertz CT molecular complexity index is 486. The van der Waals surface area contributed by atoms with Crippen molar-refractivity contribution in [3.63, 3.8) is 0 Å². The van der Waals surface area contributed by atoms with Crippen molar-refractivity contribution >= 4 is 15.9 Å². The number of halogens is 1. The SMILES string of the molecule is CCC(C)(C)CC(C)(C)N(CCC(C)(C)CC(C)(C)C)CC(C)(Br)CC(C)(C)C. The average Bonchev–Trinajstić information content (AvgIpc) is 2.36. The van der Waals surface area contributed by atoms with Crippen LogP contribution in [0.2, 0.25) is 0 Å². The maximum absolute atomic E-state index is 4.14. The number of nitrogens with zero attached hydrogens (tertiary/aromatic N) is 1. The lowest BCUT2D eigenvalue weighted by Gasteiger charge is -2.48. The Hall–Kier alpha value is 0.440. The smallest absolute Gasteiger partial charge is 0.0361 e. The minimum absolute atomic E-state index is 0.132. The van der Waals surface area contributed by atoms with Gasteiger partial charge >= 0.3 is 0 Å². The normalized spacial score (nSPS) is 17.0. The van der Waals surface area contributed by atoms with Crippen LogP contribution in [0, 0.1) is 21.7 Å². The van der Waals surface area contributed by atoms with Gasteiger partial charge in [-0.1, -0.05) is 98.5 Å². The number of hydrogen-bond donors (Lipinski definition) is 0. The van der Waals surface area contributed by atoms with Crippen molar-refractivity contribution in [1.29, 1.82) is 0 Å². The van der Waals surface area contributed by atoms with Crippen LogP contribution in [0.5, 0.6) is 0 Å². The maximum Gasteiger partial charge on any atom is 0.0361 e. The Balaban J connectivity index is 5.60. The molecule has 0 radical (unpaired) electrons. The maximum atomic E-state index is 4.14. The molecule has 0 N–H and O–H groups in total. The second-order valence-corrected chi connectivity index (χ2v) is 16.6. The van der Waals surface area contributed by atoms with E-state index in [1.54, 1.807) is 0 Å². The van der Waals surface area contributed by atoms with Crippen molar-refractivity contribution in [2.75, 3.05) is 13.1 Å². The van der Waals surface area contributed by atoms with Gasteiger partial charge in [0.2, 0.25) is 0 Å². The molecular weight excluding hydrogens is 418 g/mol. The van der Waals surface area contributed by atoms with E-state index in [4.69, 9.17) is 0 Å². The molecular formula is C27H56BrN. The van der Waals surface area contributed by atoms with Gasteiger partial charge in [-0.25, -0.2) is 0 Å². The molecule has 2 heteroatoms. The largest absolute Gasteiger partial charge is 0.297 e. The van der Waals surface area contributed by atoms with Gasteiger partial charge in [0.15, 0.2) is 0 Å². The molecule has 0 saturated carbocycles. The van der Waals surface area contributed by atoms with Crippen LogP contribution in [0.25, 0.3) is 0 Å². The topological polar surface area (TPSA) is 3.24 Å². The first kappa shape index (κ1) is 29.4. The Morgan fingerprint density at radius 1 is 0.621 bits per heavy atom. The van der Waals surface area contributed by atoms with E-state index in [2.05, 4.69) is 118 Å². The van der Waals surface area contributed by atoms with Gasteiger partial charge in [0, 0.05) is 16.4 Å². The van der Waals surface area contributed by atoms with E-state index in [9.17, 15) is 0 Å². The quantitative estimate of drug-likeness (QED) is 0.270. The third-order valence-electron chi connectivity index (χ3n) is 6.21. The van der Waals surface area contributed by atoms with Gasteiger partial charge in [-0.15, -0.1) is 0 Å². The van der Waals surface area contributed by atoms with E-state index in [1.165, 1.54) is 38.6 Å². The van der Waals surface area contributed by atoms with Gasteiger partial charge in [0.05, 0.1) is 0 Å². The fourth-order valence-electron chi connectivity index (χ4n) is 5.52. The zero-order chi connectivity index (χ0) is 23.5. The lowest BCUT2D eigenvalue weighted by molar-refractivity contribution is 0.0436. The van der Waals surface area contributed by atoms with Gasteiger partial charge in [0.1, 0.15) is 0 Å². The van der Waals surface area contributed by atoms with Gasteiger partial charge in [-0.3, -0.25) is 4.90 Å². The molecule has 1 nitrogen and oxygen atoms in total. The van der Waals surface area contributed by atoms with Crippen molar-refractivity contribution < 1.29 is 0 Å². The second-order valence-electron chi connectivity index (χ2n) is 14.7. The molecule has 0 fully saturated rings. The highest BCUT2D eigenvalue weighted by Gasteiger charge is 2.38. The molecule has 1 atom stereocenters. The van der Waals surface area contributed by atoms with Crippen LogP contribution in [0.1, 0.15) is 129 Å². The zero-order valence-corrected chi connectivity index (χ0v) is 24.4. The molecule has 0 aliphatic rings. The van der Waals surface area contributed by atoms with E-state index >= 15 is 0 Å². The fourth-order valence-corrected chi connectivity index (χ4v) is 6.67. The van der Waals surface area contributed by atoms with Crippen LogP contribution < -0.4 is 0 Å². The lowest BCUT2D eigenvalue weighted by atomic mass is 9.73. The third kappa shape index (κ3) is 13.5. The summed E-state index contributed by atoms with van der Waals surface area (Å²) < 4.78 is 0.132. The molecule has 0 amide bonds. The molecule has 0 bridgehead atoms. The highest BCUT2D eigenvalue weighted by molar-refractivity contribution is 9.10. The predicted molar refractivity (Wildman–Crippen MR) is 138 cm³/mol. The van der Waals surface area contributed by atoms with E-state index in [1.807, 2.05) is 0 Å². The molecule has 0 rings (SSSR count). The molecule has 0 aromatic carbocycles. The highest BCUT2D eigenvalue weighted by atomic mass is 79.9. The standard InChI is InChI=1S/C27H56BrN/c1-15-24(8,9)20-26(12,13)29(21-27(14,28)19-23(5,6)7)17-16-25(10,11)18-22(2,3)4/h15-21H2,1-14H3. The summed E-state index contributed by atoms with van der Waals surface area (Å²) in [6.07, 6.45) is 6.15. The Labute approximate surface area is 194 Å². The molecule has 0 aromatic heterocycles. The summed E-state index contributed by atoms with van der Waals surface area (Å²) in [6.45, 7) is 35.9. The zero-order valence-electron chi connectivity index (χ0n) is 22.8. The fraction of sp³-hybridized carbons (Fsp3) is 1.00. The van der Waals surface area contributed by atoms with Gasteiger partial charge in [0.25, 0.3) is 0 Å². The average molecular weight is 475 g/mol. The minimum Gasteiger partial charge on any atom is -0.297 e. The molecule has 29 heavy (non-hydrogen) atoms. The van der Waals surface area contributed by atoms with Crippen LogP contribution >= 0.6 is 15.9 Å². The first-order valence-corrected chi connectivity index (χ1v) is 12.7. The van der Waals surface area contributed by atoms with Gasteiger partial charge < -0.3 is 0 Å². The summed E-state index contributed by atoms with van der Waals surface area (Å²) in [6, 6.07) is 0. The van der Waals surface area contributed by atoms with Crippen molar-refractivity contribution in [2.45, 2.75) is 139 Å². The molecule has 0 heterocycles. The summed E-state index contributed by atoms with van der Waals surface area (Å²) in [5, 5.41) is 0. The first-order valence-electron chi connectivity index (χ1n) is 11.9. The monoisotopic (exact) mass is 473 g/mol. The third-order valence-corrected chi connectivity index (χ3v) is 6.74. The molecule has 0 spiro atoms. The van der Waals surface area contributed by atoms with Crippen LogP contribution in [0.15, 0.2) is 0 Å². The number of alkyl halides is 1. The number of hydrogen-bond acceptors (Lipinski definition) is 1. The van der Waals surface area contributed by atoms with Gasteiger partial charge in [-0.2, -0.15) is 0 Å². The van der Waals surface area contributed by atoms with E-state index in [0.717, 1.165) is 6.54 Å². The van der Waals surface area contributed by atoms with E-state index in [0.29, 0.717) is 21.7 Å². The van der Waals surface area contributed by atoms with Crippen LogP contribution in [-0.2, 0) is 0 Å². The summed E-state index contributed by atoms with van der Waals surface area (Å²) in [5.41, 5.74) is 1.62. The Kier molecular flexibility index (Phi) is 10.1. The molecule has 0 aromatic rings. The summed E-state index contributed by atoms with van der Waals surface area (Å²) in [5.74, 6) is 0. The van der Waals surface area contributed by atoms with Crippen molar-refractivity contribution in [2.24, 2.45) is 21.7 Å². The van der Waals surface area contributed by atoms with Crippen LogP contribution in [0.3, 0.4) is 0 Å². The van der Waals surface area contributed by atoms with Crippen molar-refractivity contribution in [3.05, 3.63) is 0 Å². The summed E-state index contributed by atoms with van der Waals surface area (Å²) in [7, 11) is 0. The van der Waals surface area contributed by atoms with E-state index < -0.39 is 0 Å². The molecule has 176 valence electrons. The minimum atomic E-state index is 0.132. The van der Waals surface area contributed by atoms with Crippen LogP contribution in [0.4, 0.5) is 0 Å². The second kappa shape index (κ2) is 9.93. The lowest BCUT2D eigenvalue weighted by Crippen LogP contribution is -2.52. The molecule has 0 saturated heterocycles.